The van der Waals surface area contributed by atoms with E-state index in [1.807, 2.05) is 26.0 Å². The third kappa shape index (κ3) is 3.74. The number of fused-ring (bicyclic) bond motifs is 2. The fraction of sp³-hybridized carbons (Fsp3) is 0.360. The maximum Gasteiger partial charge on any atom is 0.270 e. The molecule has 1 spiro atoms. The molecule has 5 rings (SSSR count). The Morgan fingerprint density at radius 3 is 2.34 bits per heavy atom. The summed E-state index contributed by atoms with van der Waals surface area (Å²) in [5.41, 5.74) is 1.64. The van der Waals surface area contributed by atoms with E-state index in [1.54, 1.807) is 4.90 Å². The lowest BCUT2D eigenvalue weighted by Gasteiger charge is -2.44. The number of piperidine rings is 1. The Morgan fingerprint density at radius 1 is 1.00 bits per heavy atom. The molecule has 3 aliphatic heterocycles. The van der Waals surface area contributed by atoms with Crippen molar-refractivity contribution in [3.8, 4) is 5.75 Å². The summed E-state index contributed by atoms with van der Waals surface area (Å²) in [6.07, 6.45) is 1.14. The smallest absolute Gasteiger partial charge is 0.270 e. The molecule has 0 aliphatic carbocycles. The van der Waals surface area contributed by atoms with Crippen LogP contribution in [0.3, 0.4) is 0 Å². The fourth-order valence-electron chi connectivity index (χ4n) is 4.96. The van der Waals surface area contributed by atoms with Crippen LogP contribution >= 0.6 is 0 Å². The number of carbonyl (C=O) groups excluding carboxylic acids is 4. The molecule has 0 aromatic heterocycles. The van der Waals surface area contributed by atoms with Gasteiger partial charge in [-0.2, -0.15) is 0 Å². The number of ketones is 1. The van der Waals surface area contributed by atoms with Crippen molar-refractivity contribution in [1.29, 1.82) is 0 Å². The zero-order chi connectivity index (χ0) is 25.1. The highest BCUT2D eigenvalue weighted by Gasteiger charge is 2.45. The molecule has 3 amide bonds. The van der Waals surface area contributed by atoms with Crippen LogP contribution < -0.4 is 4.74 Å². The number of likely N-dealkylation sites (tertiary alicyclic amines) is 1. The van der Waals surface area contributed by atoms with Gasteiger partial charge in [0.1, 0.15) is 17.9 Å². The Balaban J connectivity index is 1.26. The Morgan fingerprint density at radius 2 is 1.66 bits per heavy atom. The lowest BCUT2D eigenvalue weighted by Crippen LogP contribution is -2.54. The molecule has 2 aromatic carbocycles. The number of benzene rings is 2. The molecule has 35 heavy (non-hydrogen) atoms. The molecule has 0 N–H and O–H groups in total. The summed E-state index contributed by atoms with van der Waals surface area (Å²) in [6, 6.07) is 7.19. The van der Waals surface area contributed by atoms with Crippen molar-refractivity contribution in [2.24, 2.45) is 0 Å². The van der Waals surface area contributed by atoms with E-state index >= 15 is 0 Å². The number of aryl methyl sites for hydroxylation is 2. The average Bonchev–Trinajstić information content (AvgIpc) is 3.05. The minimum absolute atomic E-state index is 0.0224. The van der Waals surface area contributed by atoms with Crippen LogP contribution in [0.15, 0.2) is 30.3 Å². The van der Waals surface area contributed by atoms with Crippen molar-refractivity contribution in [3.05, 3.63) is 68.3 Å². The Labute approximate surface area is 200 Å². The van der Waals surface area contributed by atoms with Gasteiger partial charge in [-0.3, -0.25) is 34.2 Å². The number of nitro benzene ring substituents is 1. The molecule has 2 aromatic rings. The molecule has 10 heteroatoms. The number of carbonyl (C=O) groups is 4. The minimum Gasteiger partial charge on any atom is -0.486 e. The molecule has 3 aliphatic rings. The first-order valence-electron chi connectivity index (χ1n) is 11.3. The second-order valence-corrected chi connectivity index (χ2v) is 9.38. The van der Waals surface area contributed by atoms with Gasteiger partial charge in [-0.1, -0.05) is 0 Å². The predicted octanol–water partition coefficient (Wildman–Crippen LogP) is 2.83. The van der Waals surface area contributed by atoms with Crippen molar-refractivity contribution in [1.82, 2.24) is 9.80 Å². The summed E-state index contributed by atoms with van der Waals surface area (Å²) >= 11 is 0. The van der Waals surface area contributed by atoms with Crippen LogP contribution in [0.2, 0.25) is 0 Å². The summed E-state index contributed by atoms with van der Waals surface area (Å²) in [4.78, 5) is 63.9. The molecule has 1 saturated heterocycles. The number of nitro groups is 1. The highest BCUT2D eigenvalue weighted by Crippen LogP contribution is 2.40. The van der Waals surface area contributed by atoms with Crippen LogP contribution in [0.1, 0.15) is 61.5 Å². The third-order valence-corrected chi connectivity index (χ3v) is 7.19. The van der Waals surface area contributed by atoms with Gasteiger partial charge in [-0.15, -0.1) is 0 Å². The second kappa shape index (κ2) is 8.00. The quantitative estimate of drug-likeness (QED) is 0.378. The van der Waals surface area contributed by atoms with Gasteiger partial charge in [0.15, 0.2) is 5.78 Å². The number of amides is 3. The van der Waals surface area contributed by atoms with E-state index in [1.165, 1.54) is 6.07 Å². The van der Waals surface area contributed by atoms with Crippen molar-refractivity contribution < 1.29 is 28.8 Å². The summed E-state index contributed by atoms with van der Waals surface area (Å²) in [6.45, 7) is 4.10. The van der Waals surface area contributed by atoms with Crippen molar-refractivity contribution in [2.75, 3.05) is 19.6 Å². The number of non-ortho nitro benzene ring substituents is 1. The van der Waals surface area contributed by atoms with Gasteiger partial charge in [-0.05, 0) is 43.2 Å². The molecule has 0 radical (unpaired) electrons. The molecular formula is C25H23N3O7. The number of rotatable bonds is 3. The highest BCUT2D eigenvalue weighted by atomic mass is 16.6. The van der Waals surface area contributed by atoms with Crippen LogP contribution in [-0.4, -0.2) is 63.5 Å². The van der Waals surface area contributed by atoms with E-state index in [2.05, 4.69) is 0 Å². The second-order valence-electron chi connectivity index (χ2n) is 9.38. The topological polar surface area (TPSA) is 127 Å². The van der Waals surface area contributed by atoms with Crippen molar-refractivity contribution in [2.45, 2.75) is 38.7 Å². The van der Waals surface area contributed by atoms with Crippen LogP contribution in [0.25, 0.3) is 0 Å². The van der Waals surface area contributed by atoms with E-state index in [0.717, 1.165) is 28.2 Å². The van der Waals surface area contributed by atoms with Gasteiger partial charge in [0.2, 0.25) is 5.91 Å². The van der Waals surface area contributed by atoms with Crippen LogP contribution in [-0.2, 0) is 4.79 Å². The molecule has 0 atom stereocenters. The average molecular weight is 477 g/mol. The highest BCUT2D eigenvalue weighted by molar-refractivity contribution is 6.22. The normalized spacial score (nSPS) is 18.4. The van der Waals surface area contributed by atoms with E-state index in [-0.39, 0.29) is 29.0 Å². The minimum atomic E-state index is -0.723. The van der Waals surface area contributed by atoms with E-state index in [9.17, 15) is 29.3 Å². The van der Waals surface area contributed by atoms with Crippen molar-refractivity contribution >= 4 is 29.2 Å². The lowest BCUT2D eigenvalue weighted by atomic mass is 9.82. The third-order valence-electron chi connectivity index (χ3n) is 7.19. The molecule has 10 nitrogen and oxygen atoms in total. The molecule has 1 fully saturated rings. The molecule has 3 heterocycles. The van der Waals surface area contributed by atoms with E-state index in [4.69, 9.17) is 4.74 Å². The number of hydrogen-bond donors (Lipinski definition) is 0. The first-order chi connectivity index (χ1) is 16.6. The largest absolute Gasteiger partial charge is 0.486 e. The predicted molar refractivity (Wildman–Crippen MR) is 122 cm³/mol. The van der Waals surface area contributed by atoms with Gasteiger partial charge >= 0.3 is 0 Å². The van der Waals surface area contributed by atoms with Gasteiger partial charge in [0.25, 0.3) is 17.5 Å². The number of imide groups is 1. The molecule has 0 unspecified atom stereocenters. The lowest BCUT2D eigenvalue weighted by molar-refractivity contribution is -0.384. The Bertz CT molecular complexity index is 1320. The number of hydrogen-bond acceptors (Lipinski definition) is 7. The Kier molecular flexibility index (Phi) is 5.19. The zero-order valence-corrected chi connectivity index (χ0v) is 19.3. The SMILES string of the molecule is Cc1cc2c(cc1C)C(=O)CC1(CCN(C(=O)CN3C(=O)c4ccc([N+](=O)[O-])cc4C3=O)CC1)O2. The first-order valence-corrected chi connectivity index (χ1v) is 11.3. The molecule has 0 saturated carbocycles. The maximum atomic E-state index is 13.0. The first kappa shape index (κ1) is 22.7. The monoisotopic (exact) mass is 477 g/mol. The summed E-state index contributed by atoms with van der Waals surface area (Å²) in [5.74, 6) is -1.18. The van der Waals surface area contributed by atoms with Crippen molar-refractivity contribution in [3.63, 3.8) is 0 Å². The van der Waals surface area contributed by atoms with Gasteiger partial charge < -0.3 is 9.64 Å². The van der Waals surface area contributed by atoms with Crippen LogP contribution in [0, 0.1) is 24.0 Å². The Hall–Kier alpha value is -4.08. The summed E-state index contributed by atoms with van der Waals surface area (Å²) in [7, 11) is 0. The fourth-order valence-corrected chi connectivity index (χ4v) is 4.96. The van der Waals surface area contributed by atoms with E-state index < -0.39 is 34.8 Å². The maximum absolute atomic E-state index is 13.0. The van der Waals surface area contributed by atoms with E-state index in [0.29, 0.717) is 37.2 Å². The molecular weight excluding hydrogens is 454 g/mol. The van der Waals surface area contributed by atoms with Gasteiger partial charge in [-0.25, -0.2) is 0 Å². The van der Waals surface area contributed by atoms with Crippen LogP contribution in [0.5, 0.6) is 5.75 Å². The summed E-state index contributed by atoms with van der Waals surface area (Å²) < 4.78 is 6.30. The van der Waals surface area contributed by atoms with Gasteiger partial charge in [0.05, 0.1) is 28.0 Å². The summed E-state index contributed by atoms with van der Waals surface area (Å²) in [5, 5.41) is 11.0. The molecule has 180 valence electrons. The van der Waals surface area contributed by atoms with Gasteiger partial charge in [0, 0.05) is 38.1 Å². The zero-order valence-electron chi connectivity index (χ0n) is 19.3. The number of nitrogens with zero attached hydrogens (tertiary/aromatic N) is 3. The number of Topliss-reactive ketones (excluding diaryl/α,β-unsaturated/α-hetero) is 1. The molecule has 0 bridgehead atoms. The van der Waals surface area contributed by atoms with Crippen LogP contribution in [0.4, 0.5) is 5.69 Å². The standard InChI is InChI=1S/C25H23N3O7/c1-14-9-19-20(29)12-25(35-21(19)10-15(14)2)5-7-26(8-6-25)22(30)13-27-23(31)17-4-3-16(28(33)34)11-18(17)24(27)32/h3-4,9-11H,5-8,12-13H2,1-2H3. The number of ether oxygens (including phenoxy) is 1.